The van der Waals surface area contributed by atoms with Crippen molar-refractivity contribution in [2.24, 2.45) is 5.73 Å². The van der Waals surface area contributed by atoms with Gasteiger partial charge in [0.05, 0.1) is 11.6 Å². The van der Waals surface area contributed by atoms with E-state index in [9.17, 15) is 0 Å². The Kier molecular flexibility index (Phi) is 4.71. The van der Waals surface area contributed by atoms with Crippen molar-refractivity contribution in [2.75, 3.05) is 20.1 Å². The van der Waals surface area contributed by atoms with Gasteiger partial charge in [0.1, 0.15) is 0 Å². The molecule has 0 aliphatic carbocycles. The Hall–Kier alpha value is -2.15. The standard InChI is InChI=1S/C21H25N3/c1-14(2)17-8-9-18-19(10-17)21(12-23)24(3)13-20(18)16-6-4-15(11-22)5-7-16/h4-10,14,20-21H,12-13,23H2,1-3H3. The maximum atomic E-state index is 9.02. The number of benzene rings is 2. The molecule has 2 aromatic carbocycles. The van der Waals surface area contributed by atoms with Crippen LogP contribution >= 0.6 is 0 Å². The first-order valence-corrected chi connectivity index (χ1v) is 8.59. The van der Waals surface area contributed by atoms with Gasteiger partial charge in [-0.05, 0) is 47.4 Å². The monoisotopic (exact) mass is 319 g/mol. The van der Waals surface area contributed by atoms with Crippen molar-refractivity contribution in [3.63, 3.8) is 0 Å². The summed E-state index contributed by atoms with van der Waals surface area (Å²) in [5.74, 6) is 0.830. The fraction of sp³-hybridized carbons (Fsp3) is 0.381. The van der Waals surface area contributed by atoms with E-state index in [2.05, 4.69) is 62.2 Å². The highest BCUT2D eigenvalue weighted by Crippen LogP contribution is 2.39. The number of nitrogens with zero attached hydrogens (tertiary/aromatic N) is 2. The molecule has 0 radical (unpaired) electrons. The van der Waals surface area contributed by atoms with Crippen molar-refractivity contribution in [1.29, 1.82) is 5.26 Å². The summed E-state index contributed by atoms with van der Waals surface area (Å²) in [7, 11) is 2.15. The second-order valence-corrected chi connectivity index (χ2v) is 7.02. The molecule has 124 valence electrons. The molecule has 1 aliphatic rings. The van der Waals surface area contributed by atoms with Crippen molar-refractivity contribution in [3.05, 3.63) is 70.3 Å². The molecule has 2 N–H and O–H groups in total. The summed E-state index contributed by atoms with van der Waals surface area (Å²) in [6, 6.07) is 17.3. The predicted molar refractivity (Wildman–Crippen MR) is 98.0 cm³/mol. The second-order valence-electron chi connectivity index (χ2n) is 7.02. The van der Waals surface area contributed by atoms with Crippen molar-refractivity contribution in [3.8, 4) is 6.07 Å². The van der Waals surface area contributed by atoms with Gasteiger partial charge in [0.2, 0.25) is 0 Å². The number of rotatable bonds is 3. The molecule has 0 amide bonds. The number of nitrogens with two attached hydrogens (primary N) is 1. The van der Waals surface area contributed by atoms with Crippen LogP contribution in [0, 0.1) is 11.3 Å². The Labute approximate surface area is 144 Å². The number of likely N-dealkylation sites (N-methyl/N-ethyl adjacent to an activating group) is 1. The van der Waals surface area contributed by atoms with Crippen LogP contribution in [-0.4, -0.2) is 25.0 Å². The lowest BCUT2D eigenvalue weighted by Crippen LogP contribution is -2.39. The zero-order valence-corrected chi connectivity index (χ0v) is 14.7. The Balaban J connectivity index is 2.08. The van der Waals surface area contributed by atoms with Gasteiger partial charge in [0, 0.05) is 25.0 Å². The molecule has 3 nitrogen and oxygen atoms in total. The summed E-state index contributed by atoms with van der Waals surface area (Å²) in [5, 5.41) is 9.02. The minimum atomic E-state index is 0.272. The van der Waals surface area contributed by atoms with Crippen LogP contribution in [0.4, 0.5) is 0 Å². The van der Waals surface area contributed by atoms with E-state index in [-0.39, 0.29) is 6.04 Å². The van der Waals surface area contributed by atoms with Crippen molar-refractivity contribution >= 4 is 0 Å². The first kappa shape index (κ1) is 16.7. The first-order valence-electron chi connectivity index (χ1n) is 8.59. The van der Waals surface area contributed by atoms with E-state index in [0.29, 0.717) is 23.9 Å². The van der Waals surface area contributed by atoms with E-state index in [1.165, 1.54) is 22.3 Å². The fourth-order valence-corrected chi connectivity index (χ4v) is 3.69. The molecule has 0 fully saturated rings. The van der Waals surface area contributed by atoms with Crippen LogP contribution < -0.4 is 5.73 Å². The zero-order chi connectivity index (χ0) is 17.3. The lowest BCUT2D eigenvalue weighted by Gasteiger charge is -2.39. The minimum Gasteiger partial charge on any atom is -0.329 e. The zero-order valence-electron chi connectivity index (χ0n) is 14.7. The van der Waals surface area contributed by atoms with Gasteiger partial charge in [-0.1, -0.05) is 44.2 Å². The average Bonchev–Trinajstić information content (AvgIpc) is 2.60. The topological polar surface area (TPSA) is 53.0 Å². The molecular formula is C21H25N3. The van der Waals surface area contributed by atoms with E-state index in [0.717, 1.165) is 6.54 Å². The van der Waals surface area contributed by atoms with Crippen LogP contribution in [0.5, 0.6) is 0 Å². The predicted octanol–water partition coefficient (Wildman–Crippen LogP) is 3.76. The molecule has 3 heteroatoms. The van der Waals surface area contributed by atoms with Gasteiger partial charge >= 0.3 is 0 Å². The number of nitriles is 1. The third kappa shape index (κ3) is 2.96. The van der Waals surface area contributed by atoms with Crippen molar-refractivity contribution < 1.29 is 0 Å². The lowest BCUT2D eigenvalue weighted by atomic mass is 9.80. The highest BCUT2D eigenvalue weighted by molar-refractivity contribution is 5.46. The molecule has 1 aliphatic heterocycles. The van der Waals surface area contributed by atoms with Crippen molar-refractivity contribution in [2.45, 2.75) is 31.7 Å². The highest BCUT2D eigenvalue weighted by Gasteiger charge is 2.31. The molecule has 2 aromatic rings. The van der Waals surface area contributed by atoms with Crippen molar-refractivity contribution in [1.82, 2.24) is 4.90 Å². The lowest BCUT2D eigenvalue weighted by molar-refractivity contribution is 0.223. The maximum absolute atomic E-state index is 9.02. The quantitative estimate of drug-likeness (QED) is 0.937. The third-order valence-electron chi connectivity index (χ3n) is 5.18. The minimum absolute atomic E-state index is 0.272. The Morgan fingerprint density at radius 2 is 1.88 bits per heavy atom. The van der Waals surface area contributed by atoms with Gasteiger partial charge in [-0.3, -0.25) is 4.90 Å². The summed E-state index contributed by atoms with van der Waals surface area (Å²) in [6.07, 6.45) is 0. The molecule has 3 rings (SSSR count). The summed E-state index contributed by atoms with van der Waals surface area (Å²) in [4.78, 5) is 2.36. The Morgan fingerprint density at radius 3 is 2.46 bits per heavy atom. The van der Waals surface area contributed by atoms with Crippen LogP contribution in [0.15, 0.2) is 42.5 Å². The Bertz CT molecular complexity index is 756. The number of fused-ring (bicyclic) bond motifs is 1. The van der Waals surface area contributed by atoms with E-state index >= 15 is 0 Å². The number of hydrogen-bond donors (Lipinski definition) is 1. The van der Waals surface area contributed by atoms with E-state index in [1.807, 2.05) is 12.1 Å². The van der Waals surface area contributed by atoms with E-state index in [1.54, 1.807) is 0 Å². The van der Waals surface area contributed by atoms with Crippen LogP contribution in [-0.2, 0) is 0 Å². The van der Waals surface area contributed by atoms with Gasteiger partial charge in [-0.2, -0.15) is 5.26 Å². The van der Waals surface area contributed by atoms with E-state index in [4.69, 9.17) is 11.0 Å². The largest absolute Gasteiger partial charge is 0.329 e. The normalized spacial score (nSPS) is 20.7. The van der Waals surface area contributed by atoms with Gasteiger partial charge in [-0.25, -0.2) is 0 Å². The molecular weight excluding hydrogens is 294 g/mol. The third-order valence-corrected chi connectivity index (χ3v) is 5.18. The van der Waals surface area contributed by atoms with Gasteiger partial charge in [0.15, 0.2) is 0 Å². The second kappa shape index (κ2) is 6.76. The van der Waals surface area contributed by atoms with Crippen LogP contribution in [0.2, 0.25) is 0 Å². The van der Waals surface area contributed by atoms with Gasteiger partial charge in [0.25, 0.3) is 0 Å². The van der Waals surface area contributed by atoms with Gasteiger partial charge in [-0.15, -0.1) is 0 Å². The summed E-state index contributed by atoms with van der Waals surface area (Å²) >= 11 is 0. The van der Waals surface area contributed by atoms with E-state index < -0.39 is 0 Å². The average molecular weight is 319 g/mol. The molecule has 2 unspecified atom stereocenters. The molecule has 0 bridgehead atoms. The number of hydrogen-bond acceptors (Lipinski definition) is 3. The molecule has 0 saturated heterocycles. The highest BCUT2D eigenvalue weighted by atomic mass is 15.1. The summed E-state index contributed by atoms with van der Waals surface area (Å²) in [5.41, 5.74) is 12.1. The molecule has 2 atom stereocenters. The molecule has 0 aromatic heterocycles. The Morgan fingerprint density at radius 1 is 1.17 bits per heavy atom. The molecule has 1 heterocycles. The SMILES string of the molecule is CC(C)c1ccc2c(c1)C(CN)N(C)CC2c1ccc(C#N)cc1. The van der Waals surface area contributed by atoms with Crippen LogP contribution in [0.1, 0.15) is 59.5 Å². The summed E-state index contributed by atoms with van der Waals surface area (Å²) in [6.45, 7) is 6.03. The maximum Gasteiger partial charge on any atom is 0.0991 e. The molecule has 24 heavy (non-hydrogen) atoms. The van der Waals surface area contributed by atoms with Gasteiger partial charge < -0.3 is 5.73 Å². The fourth-order valence-electron chi connectivity index (χ4n) is 3.69. The first-order chi connectivity index (χ1) is 11.5. The van der Waals surface area contributed by atoms with Crippen LogP contribution in [0.25, 0.3) is 0 Å². The smallest absolute Gasteiger partial charge is 0.0991 e. The molecule has 0 spiro atoms. The molecule has 0 saturated carbocycles. The summed E-state index contributed by atoms with van der Waals surface area (Å²) < 4.78 is 0. The van der Waals surface area contributed by atoms with Crippen LogP contribution in [0.3, 0.4) is 0 Å².